The van der Waals surface area contributed by atoms with Gasteiger partial charge in [0.25, 0.3) is 0 Å². The molecule has 1 fully saturated rings. The summed E-state index contributed by atoms with van der Waals surface area (Å²) >= 11 is 7.31. The highest BCUT2D eigenvalue weighted by Crippen LogP contribution is 2.34. The van der Waals surface area contributed by atoms with E-state index < -0.39 is 9.84 Å². The van der Waals surface area contributed by atoms with E-state index in [0.29, 0.717) is 11.7 Å². The normalized spacial score (nSPS) is 16.1. The summed E-state index contributed by atoms with van der Waals surface area (Å²) in [7, 11) is -3.71. The van der Waals surface area contributed by atoms with E-state index in [2.05, 4.69) is 10.3 Å². The van der Waals surface area contributed by atoms with E-state index in [-0.39, 0.29) is 14.3 Å². The van der Waals surface area contributed by atoms with Crippen molar-refractivity contribution in [2.24, 2.45) is 0 Å². The number of aryl methyl sites for hydroxylation is 1. The number of morpholine rings is 1. The summed E-state index contributed by atoms with van der Waals surface area (Å²) in [5.41, 5.74) is 0.997. The Balaban J connectivity index is 1.68. The Morgan fingerprint density at radius 3 is 2.64 bits per heavy atom. The number of sulfone groups is 1. The summed E-state index contributed by atoms with van der Waals surface area (Å²) in [6.07, 6.45) is 0. The Hall–Kier alpha value is -1.19. The number of thiazole rings is 1. The summed E-state index contributed by atoms with van der Waals surface area (Å²) in [4.78, 5) is 5.89. The molecule has 2 N–H and O–H groups in total. The van der Waals surface area contributed by atoms with Crippen LogP contribution in [-0.2, 0) is 14.6 Å². The minimum absolute atomic E-state index is 0.0794. The second-order valence-corrected chi connectivity index (χ2v) is 9.42. The molecule has 0 bridgehead atoms. The van der Waals surface area contributed by atoms with Crippen molar-refractivity contribution in [1.82, 2.24) is 4.98 Å². The average Bonchev–Trinajstić information content (AvgIpc) is 2.98. The number of benzene rings is 1. The number of quaternary nitrogens is 1. The van der Waals surface area contributed by atoms with Crippen molar-refractivity contribution in [2.45, 2.75) is 16.8 Å². The van der Waals surface area contributed by atoms with Gasteiger partial charge in [-0.05, 0) is 19.1 Å². The molecule has 0 atom stereocenters. The molecule has 1 saturated heterocycles. The summed E-state index contributed by atoms with van der Waals surface area (Å²) in [5.74, 6) is 0. The summed E-state index contributed by atoms with van der Waals surface area (Å²) in [6, 6.07) is 6.68. The van der Waals surface area contributed by atoms with E-state index in [1.807, 2.05) is 6.92 Å². The second-order valence-electron chi connectivity index (χ2n) is 5.95. The fourth-order valence-corrected chi connectivity index (χ4v) is 5.45. The van der Waals surface area contributed by atoms with Gasteiger partial charge in [-0.15, -0.1) is 0 Å². The molecular weight excluding hydrogens is 382 g/mol. The van der Waals surface area contributed by atoms with E-state index in [1.54, 1.807) is 24.3 Å². The van der Waals surface area contributed by atoms with Crippen LogP contribution in [0.2, 0.25) is 4.34 Å². The zero-order chi connectivity index (χ0) is 17.9. The molecule has 0 spiro atoms. The van der Waals surface area contributed by atoms with Gasteiger partial charge in [0, 0.05) is 0 Å². The number of hydrogen-bond donors (Lipinski definition) is 2. The molecule has 2 aromatic rings. The van der Waals surface area contributed by atoms with Gasteiger partial charge >= 0.3 is 0 Å². The number of aromatic nitrogens is 1. The molecule has 1 aromatic carbocycles. The van der Waals surface area contributed by atoms with Crippen LogP contribution in [0.3, 0.4) is 0 Å². The number of nitrogens with one attached hydrogen (secondary N) is 2. The number of hydrogen-bond acceptors (Lipinski definition) is 6. The van der Waals surface area contributed by atoms with Gasteiger partial charge in [-0.3, -0.25) is 0 Å². The van der Waals surface area contributed by atoms with E-state index >= 15 is 0 Å². The maximum Gasteiger partial charge on any atom is 0.226 e. The van der Waals surface area contributed by atoms with Crippen LogP contribution in [0.25, 0.3) is 0 Å². The highest BCUT2D eigenvalue weighted by molar-refractivity contribution is 7.91. The third-order valence-corrected chi connectivity index (χ3v) is 7.25. The molecule has 9 heteroatoms. The zero-order valence-corrected chi connectivity index (χ0v) is 16.3. The van der Waals surface area contributed by atoms with Crippen LogP contribution in [0.1, 0.15) is 5.56 Å². The number of nitrogens with zero attached hydrogens (tertiary/aromatic N) is 1. The third kappa shape index (κ3) is 4.51. The van der Waals surface area contributed by atoms with Crippen molar-refractivity contribution in [3.05, 3.63) is 34.2 Å². The number of anilines is 1. The van der Waals surface area contributed by atoms with Gasteiger partial charge in [-0.2, -0.15) is 0 Å². The first-order chi connectivity index (χ1) is 12.0. The van der Waals surface area contributed by atoms with Crippen molar-refractivity contribution in [3.63, 3.8) is 0 Å². The summed E-state index contributed by atoms with van der Waals surface area (Å²) in [6.45, 7) is 7.12. The monoisotopic (exact) mass is 402 g/mol. The van der Waals surface area contributed by atoms with Crippen LogP contribution in [0.15, 0.2) is 34.2 Å². The molecule has 1 aromatic heterocycles. The van der Waals surface area contributed by atoms with Crippen LogP contribution in [0.4, 0.5) is 5.13 Å². The van der Waals surface area contributed by atoms with Gasteiger partial charge < -0.3 is 15.0 Å². The highest BCUT2D eigenvalue weighted by Gasteiger charge is 2.25. The predicted molar refractivity (Wildman–Crippen MR) is 98.6 cm³/mol. The topological polar surface area (TPSA) is 72.7 Å². The largest absolute Gasteiger partial charge is 0.370 e. The lowest BCUT2D eigenvalue weighted by Gasteiger charge is -2.23. The van der Waals surface area contributed by atoms with Crippen molar-refractivity contribution in [3.8, 4) is 0 Å². The molecule has 0 radical (unpaired) electrons. The molecule has 136 valence electrons. The molecular formula is C16H21ClN3O3S2+. The van der Waals surface area contributed by atoms with Crippen molar-refractivity contribution in [1.29, 1.82) is 0 Å². The van der Waals surface area contributed by atoms with Gasteiger partial charge in [0.15, 0.2) is 10.2 Å². The molecule has 3 rings (SSSR count). The van der Waals surface area contributed by atoms with Crippen LogP contribution in [-0.4, -0.2) is 52.8 Å². The first kappa shape index (κ1) is 18.6. The van der Waals surface area contributed by atoms with Crippen LogP contribution < -0.4 is 10.2 Å². The fourth-order valence-electron chi connectivity index (χ4n) is 2.61. The Morgan fingerprint density at radius 2 is 1.96 bits per heavy atom. The predicted octanol–water partition coefficient (Wildman–Crippen LogP) is 1.26. The van der Waals surface area contributed by atoms with Crippen molar-refractivity contribution < 1.29 is 18.1 Å². The third-order valence-electron chi connectivity index (χ3n) is 4.10. The molecule has 1 aliphatic heterocycles. The fraction of sp³-hybridized carbons (Fsp3) is 0.438. The highest BCUT2D eigenvalue weighted by atomic mass is 35.5. The molecule has 6 nitrogen and oxygen atoms in total. The first-order valence-corrected chi connectivity index (χ1v) is 10.8. The SMILES string of the molecule is Cc1ccc(S(=O)(=O)c2nc(NCC[NH+]3CCOCC3)sc2Cl)cc1. The lowest BCUT2D eigenvalue weighted by Crippen LogP contribution is -3.14. The van der Waals surface area contributed by atoms with Crippen molar-refractivity contribution in [2.75, 3.05) is 44.7 Å². The van der Waals surface area contributed by atoms with Crippen LogP contribution in [0, 0.1) is 6.92 Å². The lowest BCUT2D eigenvalue weighted by molar-refractivity contribution is -0.906. The Labute approximate surface area is 156 Å². The van der Waals surface area contributed by atoms with Gasteiger partial charge in [-0.25, -0.2) is 13.4 Å². The molecule has 0 aliphatic carbocycles. The first-order valence-electron chi connectivity index (χ1n) is 8.10. The number of rotatable bonds is 6. The summed E-state index contributed by atoms with van der Waals surface area (Å²) in [5, 5.41) is 3.63. The van der Waals surface area contributed by atoms with Gasteiger partial charge in [0.1, 0.15) is 17.4 Å². The minimum atomic E-state index is -3.71. The minimum Gasteiger partial charge on any atom is -0.370 e. The maximum atomic E-state index is 12.7. The molecule has 1 aliphatic rings. The number of ether oxygens (including phenoxy) is 1. The molecule has 2 heterocycles. The van der Waals surface area contributed by atoms with E-state index in [9.17, 15) is 8.42 Å². The smallest absolute Gasteiger partial charge is 0.226 e. The van der Waals surface area contributed by atoms with Crippen LogP contribution >= 0.6 is 22.9 Å². The average molecular weight is 403 g/mol. The quantitative estimate of drug-likeness (QED) is 0.761. The lowest BCUT2D eigenvalue weighted by atomic mass is 10.2. The maximum absolute atomic E-state index is 12.7. The van der Waals surface area contributed by atoms with Gasteiger partial charge in [-0.1, -0.05) is 40.6 Å². The second kappa shape index (κ2) is 8.01. The zero-order valence-electron chi connectivity index (χ0n) is 13.9. The van der Waals surface area contributed by atoms with Gasteiger partial charge in [0.2, 0.25) is 9.84 Å². The van der Waals surface area contributed by atoms with Crippen LogP contribution in [0.5, 0.6) is 0 Å². The molecule has 0 amide bonds. The Morgan fingerprint density at radius 1 is 1.28 bits per heavy atom. The molecule has 25 heavy (non-hydrogen) atoms. The van der Waals surface area contributed by atoms with Gasteiger partial charge in [0.05, 0.1) is 31.2 Å². The number of halogens is 1. The summed E-state index contributed by atoms with van der Waals surface area (Å²) < 4.78 is 30.9. The standard InChI is InChI=1S/C16H20ClN3O3S2/c1-12-2-4-13(5-3-12)25(21,22)15-14(17)24-16(19-15)18-6-7-20-8-10-23-11-9-20/h2-5H,6-11H2,1H3,(H,18,19)/p+1. The Bertz CT molecular complexity index is 816. The van der Waals surface area contributed by atoms with E-state index in [1.165, 1.54) is 4.90 Å². The van der Waals surface area contributed by atoms with E-state index in [4.69, 9.17) is 16.3 Å². The van der Waals surface area contributed by atoms with E-state index in [0.717, 1.165) is 49.7 Å². The molecule has 0 unspecified atom stereocenters. The molecule has 0 saturated carbocycles. The Kier molecular flexibility index (Phi) is 5.96. The van der Waals surface area contributed by atoms with Crippen molar-refractivity contribution >= 4 is 37.9 Å².